The largest absolute Gasteiger partial charge is 0.445 e. The molecule has 1 aliphatic heterocycles. The van der Waals surface area contributed by atoms with Crippen LogP contribution in [0.5, 0.6) is 0 Å². The summed E-state index contributed by atoms with van der Waals surface area (Å²) < 4.78 is 20.0. The van der Waals surface area contributed by atoms with Crippen LogP contribution in [-0.4, -0.2) is 5.91 Å². The molecule has 0 saturated heterocycles. The zero-order valence-electron chi connectivity index (χ0n) is 14.3. The molecule has 0 spiro atoms. The summed E-state index contributed by atoms with van der Waals surface area (Å²) in [6, 6.07) is 14.8. The SMILES string of the molecule is CC1=C(C(=O)Nc2ccccc2)[C@@H](c2c(F)cccc2Cl)C(C#N)=C(N)O1. The number of para-hydroxylation sites is 1. The van der Waals surface area contributed by atoms with Crippen LogP contribution in [0.25, 0.3) is 0 Å². The molecule has 0 fully saturated rings. The Labute approximate surface area is 160 Å². The number of nitrogens with two attached hydrogens (primary N) is 1. The lowest BCUT2D eigenvalue weighted by Gasteiger charge is -2.28. The Kier molecular flexibility index (Phi) is 5.15. The van der Waals surface area contributed by atoms with Crippen molar-refractivity contribution >= 4 is 23.2 Å². The summed E-state index contributed by atoms with van der Waals surface area (Å²) in [6.45, 7) is 1.53. The van der Waals surface area contributed by atoms with Crippen molar-refractivity contribution in [2.75, 3.05) is 5.32 Å². The predicted octanol–water partition coefficient (Wildman–Crippen LogP) is 4.20. The molecular weight excluding hydrogens is 369 g/mol. The number of rotatable bonds is 3. The summed E-state index contributed by atoms with van der Waals surface area (Å²) in [5, 5.41) is 12.4. The first kappa shape index (κ1) is 18.5. The monoisotopic (exact) mass is 383 g/mol. The molecule has 7 heteroatoms. The number of hydrogen-bond acceptors (Lipinski definition) is 4. The highest BCUT2D eigenvalue weighted by Gasteiger charge is 2.38. The Bertz CT molecular complexity index is 989. The van der Waals surface area contributed by atoms with Crippen molar-refractivity contribution in [1.29, 1.82) is 5.26 Å². The van der Waals surface area contributed by atoms with E-state index in [0.717, 1.165) is 0 Å². The van der Waals surface area contributed by atoms with Gasteiger partial charge in [0.25, 0.3) is 5.91 Å². The number of amides is 1. The van der Waals surface area contributed by atoms with Crippen LogP contribution >= 0.6 is 11.6 Å². The molecule has 0 saturated carbocycles. The summed E-state index contributed by atoms with van der Waals surface area (Å²) in [7, 11) is 0. The van der Waals surface area contributed by atoms with Gasteiger partial charge in [0.2, 0.25) is 5.88 Å². The van der Waals surface area contributed by atoms with Crippen molar-refractivity contribution in [2.45, 2.75) is 12.8 Å². The molecule has 0 bridgehead atoms. The molecule has 0 unspecified atom stereocenters. The molecule has 1 heterocycles. The van der Waals surface area contributed by atoms with Gasteiger partial charge in [-0.15, -0.1) is 0 Å². The van der Waals surface area contributed by atoms with E-state index in [9.17, 15) is 14.4 Å². The number of nitrogens with one attached hydrogen (secondary N) is 1. The third kappa shape index (κ3) is 3.50. The maximum Gasteiger partial charge on any atom is 0.255 e. The molecule has 27 heavy (non-hydrogen) atoms. The number of carbonyl (C=O) groups is 1. The quantitative estimate of drug-likeness (QED) is 0.831. The molecule has 5 nitrogen and oxygen atoms in total. The molecular formula is C20H15ClFN3O2. The van der Waals surface area contributed by atoms with Gasteiger partial charge in [-0.05, 0) is 31.2 Å². The van der Waals surface area contributed by atoms with E-state index in [-0.39, 0.29) is 33.4 Å². The highest BCUT2D eigenvalue weighted by molar-refractivity contribution is 6.31. The summed E-state index contributed by atoms with van der Waals surface area (Å²) in [6.07, 6.45) is 0. The lowest BCUT2D eigenvalue weighted by Crippen LogP contribution is -2.28. The van der Waals surface area contributed by atoms with E-state index in [2.05, 4.69) is 5.32 Å². The number of benzene rings is 2. The minimum atomic E-state index is -1.08. The molecule has 0 aliphatic carbocycles. The fourth-order valence-electron chi connectivity index (χ4n) is 2.97. The third-order valence-electron chi connectivity index (χ3n) is 4.17. The lowest BCUT2D eigenvalue weighted by atomic mass is 9.82. The van der Waals surface area contributed by atoms with Gasteiger partial charge in [-0.1, -0.05) is 35.9 Å². The number of carbonyl (C=O) groups excluding carboxylic acids is 1. The van der Waals surface area contributed by atoms with E-state index in [1.165, 1.54) is 25.1 Å². The third-order valence-corrected chi connectivity index (χ3v) is 4.50. The Hall–Kier alpha value is -3.30. The molecule has 136 valence electrons. The second-order valence-corrected chi connectivity index (χ2v) is 6.26. The fourth-order valence-corrected chi connectivity index (χ4v) is 3.24. The average molecular weight is 384 g/mol. The fraction of sp³-hybridized carbons (Fsp3) is 0.100. The standard InChI is InChI=1S/C20H15ClFN3O2/c1-11-16(20(26)25-12-6-3-2-4-7-12)17(13(10-23)19(24)27-11)18-14(21)8-5-9-15(18)22/h2-9,17H,24H2,1H3,(H,25,26)/t17-/m0/s1. The number of nitriles is 1. The van der Waals surface area contributed by atoms with Gasteiger partial charge in [0.15, 0.2) is 0 Å². The van der Waals surface area contributed by atoms with E-state index in [1.54, 1.807) is 24.3 Å². The van der Waals surface area contributed by atoms with Crippen molar-refractivity contribution in [3.63, 3.8) is 0 Å². The minimum absolute atomic E-state index is 0.000437. The molecule has 2 aromatic carbocycles. The highest BCUT2D eigenvalue weighted by Crippen LogP contribution is 2.43. The second-order valence-electron chi connectivity index (χ2n) is 5.85. The van der Waals surface area contributed by atoms with E-state index < -0.39 is 17.6 Å². The van der Waals surface area contributed by atoms with Gasteiger partial charge >= 0.3 is 0 Å². The van der Waals surface area contributed by atoms with Gasteiger partial charge in [-0.3, -0.25) is 4.79 Å². The first-order valence-electron chi connectivity index (χ1n) is 8.02. The molecule has 3 rings (SSSR count). The highest BCUT2D eigenvalue weighted by atomic mass is 35.5. The van der Waals surface area contributed by atoms with Crippen molar-refractivity contribution in [3.8, 4) is 6.07 Å². The Morgan fingerprint density at radius 1 is 1.26 bits per heavy atom. The maximum absolute atomic E-state index is 14.6. The maximum atomic E-state index is 14.6. The second kappa shape index (κ2) is 7.52. The molecule has 1 atom stereocenters. The summed E-state index contributed by atoms with van der Waals surface area (Å²) in [5.74, 6) is -2.28. The summed E-state index contributed by atoms with van der Waals surface area (Å²) >= 11 is 6.20. The van der Waals surface area contributed by atoms with Gasteiger partial charge in [0, 0.05) is 16.3 Å². The first-order valence-corrected chi connectivity index (χ1v) is 8.40. The van der Waals surface area contributed by atoms with Crippen LogP contribution in [0.15, 0.2) is 71.3 Å². The lowest BCUT2D eigenvalue weighted by molar-refractivity contribution is -0.113. The van der Waals surface area contributed by atoms with E-state index in [4.69, 9.17) is 22.1 Å². The van der Waals surface area contributed by atoms with Crippen LogP contribution in [0.4, 0.5) is 10.1 Å². The molecule has 2 aromatic rings. The number of ether oxygens (including phenoxy) is 1. The van der Waals surface area contributed by atoms with E-state index >= 15 is 0 Å². The topological polar surface area (TPSA) is 88.1 Å². The van der Waals surface area contributed by atoms with Crippen LogP contribution < -0.4 is 11.1 Å². The Morgan fingerprint density at radius 3 is 2.59 bits per heavy atom. The van der Waals surface area contributed by atoms with Crippen molar-refractivity contribution in [2.24, 2.45) is 5.73 Å². The normalized spacial score (nSPS) is 16.6. The van der Waals surface area contributed by atoms with Crippen molar-refractivity contribution < 1.29 is 13.9 Å². The average Bonchev–Trinajstić information content (AvgIpc) is 2.62. The molecule has 0 radical (unpaired) electrons. The summed E-state index contributed by atoms with van der Waals surface area (Å²) in [5.41, 5.74) is 6.36. The number of hydrogen-bond donors (Lipinski definition) is 2. The Balaban J connectivity index is 2.14. The zero-order chi connectivity index (χ0) is 19.6. The first-order chi connectivity index (χ1) is 12.9. The summed E-state index contributed by atoms with van der Waals surface area (Å²) in [4.78, 5) is 13.0. The van der Waals surface area contributed by atoms with Crippen LogP contribution in [0, 0.1) is 17.1 Å². The van der Waals surface area contributed by atoms with Gasteiger partial charge in [-0.2, -0.15) is 5.26 Å². The predicted molar refractivity (Wildman–Crippen MR) is 99.8 cm³/mol. The van der Waals surface area contributed by atoms with Crippen LogP contribution in [0.2, 0.25) is 5.02 Å². The van der Waals surface area contributed by atoms with Crippen LogP contribution in [0.3, 0.4) is 0 Å². The Morgan fingerprint density at radius 2 is 1.96 bits per heavy atom. The van der Waals surface area contributed by atoms with Gasteiger partial charge < -0.3 is 15.8 Å². The smallest absolute Gasteiger partial charge is 0.255 e. The molecule has 0 aromatic heterocycles. The molecule has 1 aliphatic rings. The van der Waals surface area contributed by atoms with Gasteiger partial charge in [0.05, 0.1) is 11.5 Å². The number of anilines is 1. The van der Waals surface area contributed by atoms with Gasteiger partial charge in [0.1, 0.15) is 23.2 Å². The number of halogens is 2. The van der Waals surface area contributed by atoms with E-state index in [0.29, 0.717) is 5.69 Å². The van der Waals surface area contributed by atoms with Crippen LogP contribution in [0.1, 0.15) is 18.4 Å². The zero-order valence-corrected chi connectivity index (χ0v) is 15.0. The van der Waals surface area contributed by atoms with E-state index in [1.807, 2.05) is 12.1 Å². The van der Waals surface area contributed by atoms with Crippen molar-refractivity contribution in [1.82, 2.24) is 0 Å². The van der Waals surface area contributed by atoms with Crippen LogP contribution in [-0.2, 0) is 9.53 Å². The molecule has 3 N–H and O–H groups in total. The minimum Gasteiger partial charge on any atom is -0.445 e. The number of allylic oxidation sites excluding steroid dienone is 2. The number of nitrogens with zero attached hydrogens (tertiary/aromatic N) is 1. The van der Waals surface area contributed by atoms with Gasteiger partial charge in [-0.25, -0.2) is 4.39 Å². The van der Waals surface area contributed by atoms with Crippen molar-refractivity contribution in [3.05, 3.63) is 87.7 Å². The molecule has 1 amide bonds.